The number of likely N-dealkylation sites (N-methyl/N-ethyl adjacent to an activating group) is 1. The first kappa shape index (κ1) is 24.0. The van der Waals surface area contributed by atoms with Gasteiger partial charge in [-0.3, -0.25) is 14.5 Å². The minimum absolute atomic E-state index is 0.161. The van der Waals surface area contributed by atoms with Gasteiger partial charge in [0.25, 0.3) is 5.91 Å². The predicted molar refractivity (Wildman–Crippen MR) is 148 cm³/mol. The van der Waals surface area contributed by atoms with Gasteiger partial charge in [-0.25, -0.2) is 0 Å². The lowest BCUT2D eigenvalue weighted by Gasteiger charge is -2.47. The largest absolute Gasteiger partial charge is 0.462 e. The third-order valence-electron chi connectivity index (χ3n) is 7.18. The Hall–Kier alpha value is -4.35. The van der Waals surface area contributed by atoms with Gasteiger partial charge in [-0.05, 0) is 29.3 Å². The molecule has 2 amide bonds. The molecule has 1 unspecified atom stereocenters. The second-order valence-electron chi connectivity index (χ2n) is 9.44. The highest BCUT2D eigenvalue weighted by Crippen LogP contribution is 2.50. The molecule has 6 heteroatoms. The highest BCUT2D eigenvalue weighted by Gasteiger charge is 2.54. The molecule has 0 spiro atoms. The van der Waals surface area contributed by atoms with Crippen molar-refractivity contribution in [3.63, 3.8) is 0 Å². The maximum atomic E-state index is 14.6. The number of hydrogen-bond donors (Lipinski definition) is 0. The van der Waals surface area contributed by atoms with Crippen molar-refractivity contribution >= 4 is 34.7 Å². The third-order valence-corrected chi connectivity index (χ3v) is 7.41. The van der Waals surface area contributed by atoms with Gasteiger partial charge in [0.15, 0.2) is 0 Å². The zero-order valence-electron chi connectivity index (χ0n) is 20.8. The molecule has 38 heavy (non-hydrogen) atoms. The van der Waals surface area contributed by atoms with Crippen molar-refractivity contribution in [1.29, 1.82) is 0 Å². The van der Waals surface area contributed by atoms with E-state index in [9.17, 15) is 9.59 Å². The van der Waals surface area contributed by atoms with Crippen molar-refractivity contribution in [1.82, 2.24) is 4.90 Å². The Labute approximate surface area is 226 Å². The molecule has 2 aliphatic heterocycles. The van der Waals surface area contributed by atoms with Crippen LogP contribution in [0.15, 0.2) is 115 Å². The Morgan fingerprint density at radius 2 is 1.47 bits per heavy atom. The third kappa shape index (κ3) is 3.87. The van der Waals surface area contributed by atoms with E-state index in [4.69, 9.17) is 16.3 Å². The Morgan fingerprint density at radius 1 is 0.842 bits per heavy atom. The number of nitrogens with zero attached hydrogens (tertiary/aromatic N) is 2. The molecule has 188 valence electrons. The standard InChI is InChI=1S/C32H25ClN2O3/c1-34-27-18-17-25(33)20-26(27)32(24-15-9-4-10-16-24)35(21-29(34)36)31(37)30(23-13-7-3-8-14-23)28(38-32)19-22-11-5-2-6-12-22/h2-18,20H,19,21H2,1H3. The smallest absolute Gasteiger partial charge is 0.261 e. The van der Waals surface area contributed by atoms with E-state index in [0.29, 0.717) is 34.0 Å². The maximum absolute atomic E-state index is 14.6. The van der Waals surface area contributed by atoms with Crippen molar-refractivity contribution < 1.29 is 14.3 Å². The molecular weight excluding hydrogens is 496 g/mol. The zero-order chi connectivity index (χ0) is 26.3. The molecule has 2 aliphatic rings. The minimum Gasteiger partial charge on any atom is -0.462 e. The van der Waals surface area contributed by atoms with Crippen LogP contribution in [0.4, 0.5) is 5.69 Å². The lowest BCUT2D eigenvalue weighted by atomic mass is 9.87. The number of rotatable bonds is 4. The first-order valence-electron chi connectivity index (χ1n) is 12.4. The average molecular weight is 521 g/mol. The summed E-state index contributed by atoms with van der Waals surface area (Å²) in [5.74, 6) is 0.0458. The van der Waals surface area contributed by atoms with Crippen LogP contribution in [0, 0.1) is 0 Å². The second kappa shape index (κ2) is 9.51. The van der Waals surface area contributed by atoms with E-state index < -0.39 is 5.72 Å². The van der Waals surface area contributed by atoms with Gasteiger partial charge in [0.05, 0.1) is 11.3 Å². The summed E-state index contributed by atoms with van der Waals surface area (Å²) in [5, 5.41) is 0.486. The quantitative estimate of drug-likeness (QED) is 0.330. The number of benzene rings is 4. The van der Waals surface area contributed by atoms with Gasteiger partial charge < -0.3 is 9.64 Å². The van der Waals surface area contributed by atoms with Crippen molar-refractivity contribution in [3.8, 4) is 0 Å². The van der Waals surface area contributed by atoms with Gasteiger partial charge in [-0.2, -0.15) is 0 Å². The number of halogens is 1. The van der Waals surface area contributed by atoms with E-state index in [1.807, 2.05) is 97.1 Å². The molecule has 0 aliphatic carbocycles. The lowest BCUT2D eigenvalue weighted by Crippen LogP contribution is -2.56. The summed E-state index contributed by atoms with van der Waals surface area (Å²) in [4.78, 5) is 31.2. The monoisotopic (exact) mass is 520 g/mol. The number of hydrogen-bond acceptors (Lipinski definition) is 3. The van der Waals surface area contributed by atoms with E-state index in [0.717, 1.165) is 16.7 Å². The fourth-order valence-electron chi connectivity index (χ4n) is 5.34. The molecule has 0 fully saturated rings. The fraction of sp³-hybridized carbons (Fsp3) is 0.125. The number of anilines is 1. The Kier molecular flexibility index (Phi) is 6.01. The molecule has 0 radical (unpaired) electrons. The van der Waals surface area contributed by atoms with E-state index in [-0.39, 0.29) is 18.4 Å². The molecule has 2 heterocycles. The van der Waals surface area contributed by atoms with Crippen molar-refractivity contribution in [2.24, 2.45) is 0 Å². The average Bonchev–Trinajstić information content (AvgIpc) is 3.04. The van der Waals surface area contributed by atoms with E-state index >= 15 is 0 Å². The number of allylic oxidation sites excluding steroid dienone is 1. The number of fused-ring (bicyclic) bond motifs is 3. The molecule has 0 bridgehead atoms. The highest BCUT2D eigenvalue weighted by atomic mass is 35.5. The second-order valence-corrected chi connectivity index (χ2v) is 9.88. The van der Waals surface area contributed by atoms with Gasteiger partial charge in [0.1, 0.15) is 12.3 Å². The van der Waals surface area contributed by atoms with Crippen molar-refractivity contribution in [2.45, 2.75) is 12.1 Å². The maximum Gasteiger partial charge on any atom is 0.261 e. The Balaban J connectivity index is 1.68. The van der Waals surface area contributed by atoms with Crippen LogP contribution in [-0.2, 0) is 26.5 Å². The molecule has 0 saturated carbocycles. The molecule has 4 aromatic rings. The van der Waals surface area contributed by atoms with Crippen LogP contribution < -0.4 is 4.90 Å². The van der Waals surface area contributed by atoms with Crippen LogP contribution in [0.1, 0.15) is 22.3 Å². The number of amides is 2. The summed E-state index contributed by atoms with van der Waals surface area (Å²) in [7, 11) is 1.72. The SMILES string of the molecule is CN1C(=O)CN2C(=O)C(c3ccccc3)=C(Cc3ccccc3)OC2(c2ccccc2)c2cc(Cl)ccc21. The summed E-state index contributed by atoms with van der Waals surface area (Å²) >= 11 is 6.55. The summed E-state index contributed by atoms with van der Waals surface area (Å²) in [6.07, 6.45) is 0.402. The highest BCUT2D eigenvalue weighted by molar-refractivity contribution is 6.31. The molecule has 6 rings (SSSR count). The summed E-state index contributed by atoms with van der Waals surface area (Å²) in [6.45, 7) is -0.161. The van der Waals surface area contributed by atoms with Crippen LogP contribution in [-0.4, -0.2) is 30.3 Å². The van der Waals surface area contributed by atoms with Gasteiger partial charge in [0.2, 0.25) is 11.6 Å². The summed E-state index contributed by atoms with van der Waals surface area (Å²) < 4.78 is 7.11. The Bertz CT molecular complexity index is 1550. The van der Waals surface area contributed by atoms with E-state index in [1.54, 1.807) is 29.0 Å². The Morgan fingerprint density at radius 3 is 2.16 bits per heavy atom. The van der Waals surface area contributed by atoms with Crippen LogP contribution in [0.25, 0.3) is 5.57 Å². The zero-order valence-corrected chi connectivity index (χ0v) is 21.6. The molecule has 4 aromatic carbocycles. The van der Waals surface area contributed by atoms with Crippen LogP contribution in [0.2, 0.25) is 5.02 Å². The van der Waals surface area contributed by atoms with Crippen LogP contribution >= 0.6 is 11.6 Å². The van der Waals surface area contributed by atoms with Gasteiger partial charge in [0, 0.05) is 29.6 Å². The van der Waals surface area contributed by atoms with Gasteiger partial charge in [-0.1, -0.05) is 103 Å². The first-order valence-corrected chi connectivity index (χ1v) is 12.8. The predicted octanol–water partition coefficient (Wildman–Crippen LogP) is 6.03. The topological polar surface area (TPSA) is 49.9 Å². The van der Waals surface area contributed by atoms with Gasteiger partial charge >= 0.3 is 0 Å². The molecular formula is C32H25ClN2O3. The molecule has 0 N–H and O–H groups in total. The normalized spacial score (nSPS) is 19.0. The van der Waals surface area contributed by atoms with E-state index in [1.165, 1.54) is 0 Å². The number of ether oxygens (including phenoxy) is 1. The van der Waals surface area contributed by atoms with Crippen LogP contribution in [0.3, 0.4) is 0 Å². The number of carbonyl (C=O) groups excluding carboxylic acids is 2. The summed E-state index contributed by atoms with van der Waals surface area (Å²) in [6, 6.07) is 34.4. The first-order chi connectivity index (χ1) is 18.5. The van der Waals surface area contributed by atoms with Crippen LogP contribution in [0.5, 0.6) is 0 Å². The molecule has 0 aromatic heterocycles. The van der Waals surface area contributed by atoms with Crippen molar-refractivity contribution in [2.75, 3.05) is 18.5 Å². The molecule has 5 nitrogen and oxygen atoms in total. The molecule has 0 saturated heterocycles. The minimum atomic E-state index is -1.40. The fourth-order valence-corrected chi connectivity index (χ4v) is 5.51. The van der Waals surface area contributed by atoms with Gasteiger partial charge in [-0.15, -0.1) is 0 Å². The summed E-state index contributed by atoms with van der Waals surface area (Å²) in [5.41, 5.74) is 2.80. The number of carbonyl (C=O) groups is 2. The van der Waals surface area contributed by atoms with E-state index in [2.05, 4.69) is 0 Å². The molecule has 1 atom stereocenters. The lowest BCUT2D eigenvalue weighted by molar-refractivity contribution is -0.160. The van der Waals surface area contributed by atoms with Crippen molar-refractivity contribution in [3.05, 3.63) is 142 Å².